The van der Waals surface area contributed by atoms with Gasteiger partial charge in [0.2, 0.25) is 0 Å². The fourth-order valence-corrected chi connectivity index (χ4v) is 8.48. The van der Waals surface area contributed by atoms with Gasteiger partial charge in [-0.3, -0.25) is 0 Å². The van der Waals surface area contributed by atoms with E-state index in [-0.39, 0.29) is 16.2 Å². The maximum atomic E-state index is 2.45. The largest absolute Gasteiger partial charge is 0.0579 e. The molecule has 1 aliphatic carbocycles. The molecule has 0 saturated carbocycles. The van der Waals surface area contributed by atoms with E-state index in [9.17, 15) is 0 Å². The first-order chi connectivity index (χ1) is 23.3. The highest BCUT2D eigenvalue weighted by atomic mass is 14.4. The molecular weight excluding hydrogens is 589 g/mol. The van der Waals surface area contributed by atoms with Crippen LogP contribution in [0.15, 0.2) is 121 Å². The number of rotatable bonds is 2. The van der Waals surface area contributed by atoms with E-state index in [0.29, 0.717) is 0 Å². The second-order valence-electron chi connectivity index (χ2n) is 17.1. The standard InChI is InChI=1S/C49H44/c1-47(2,3)37-18-22-41-40-20-16-33(27-43(40)49(7,8)44(41)28-37)31-10-11-32-24-34(13-12-30(32)23-31)39-19-15-29-9-14-35-25-38(48(4,5)6)26-36-17-21-42(39)46(29)45(35)36/h9-28H,1-8H3. The molecule has 9 rings (SSSR count). The molecule has 0 aromatic heterocycles. The van der Waals surface area contributed by atoms with Crippen LogP contribution in [0.2, 0.25) is 0 Å². The zero-order valence-corrected chi connectivity index (χ0v) is 30.0. The van der Waals surface area contributed by atoms with Crippen molar-refractivity contribution in [3.63, 3.8) is 0 Å². The van der Waals surface area contributed by atoms with Gasteiger partial charge in [0.05, 0.1) is 0 Å². The van der Waals surface area contributed by atoms with Gasteiger partial charge in [-0.2, -0.15) is 0 Å². The first kappa shape index (κ1) is 30.1. The van der Waals surface area contributed by atoms with Crippen LogP contribution >= 0.6 is 0 Å². The van der Waals surface area contributed by atoms with Crippen LogP contribution in [0.5, 0.6) is 0 Å². The van der Waals surface area contributed by atoms with Gasteiger partial charge in [-0.05, 0) is 128 Å². The average molecular weight is 633 g/mol. The molecule has 0 heteroatoms. The second-order valence-corrected chi connectivity index (χ2v) is 17.1. The Hall–Kier alpha value is -4.94. The summed E-state index contributed by atoms with van der Waals surface area (Å²) < 4.78 is 0. The van der Waals surface area contributed by atoms with Crippen molar-refractivity contribution in [2.75, 3.05) is 0 Å². The number of benzene rings is 8. The van der Waals surface area contributed by atoms with Crippen molar-refractivity contribution in [2.24, 2.45) is 0 Å². The Kier molecular flexibility index (Phi) is 6.18. The van der Waals surface area contributed by atoms with Crippen molar-refractivity contribution in [3.8, 4) is 33.4 Å². The number of hydrogen-bond donors (Lipinski definition) is 0. The predicted octanol–water partition coefficient (Wildman–Crippen LogP) is 14.0. The lowest BCUT2D eigenvalue weighted by molar-refractivity contribution is 0.584. The molecule has 0 radical (unpaired) electrons. The first-order valence-electron chi connectivity index (χ1n) is 17.8. The lowest BCUT2D eigenvalue weighted by Gasteiger charge is -2.25. The van der Waals surface area contributed by atoms with Crippen LogP contribution in [0.3, 0.4) is 0 Å². The summed E-state index contributed by atoms with van der Waals surface area (Å²) in [5.41, 5.74) is 13.7. The molecule has 0 N–H and O–H groups in total. The van der Waals surface area contributed by atoms with Crippen LogP contribution in [0.4, 0.5) is 0 Å². The summed E-state index contributed by atoms with van der Waals surface area (Å²) in [5, 5.41) is 10.6. The van der Waals surface area contributed by atoms with Crippen LogP contribution in [-0.2, 0) is 16.2 Å². The SMILES string of the molecule is CC(C)(C)c1ccc2c(c1)C(C)(C)c1cc(-c3ccc4cc(-c5ccc6ccc7cc(C(C)(C)C)cc8ccc5c6c78)ccc4c3)ccc1-2. The third kappa shape index (κ3) is 4.57. The van der Waals surface area contributed by atoms with Gasteiger partial charge in [-0.15, -0.1) is 0 Å². The quantitative estimate of drug-likeness (QED) is 0.166. The predicted molar refractivity (Wildman–Crippen MR) is 213 cm³/mol. The lowest BCUT2D eigenvalue weighted by Crippen LogP contribution is -2.17. The molecule has 0 aliphatic heterocycles. The molecular formula is C49H44. The maximum absolute atomic E-state index is 2.45. The molecule has 1 aliphatic rings. The minimum absolute atomic E-state index is 0.0384. The monoisotopic (exact) mass is 632 g/mol. The fraction of sp³-hybridized carbons (Fsp3) is 0.224. The van der Waals surface area contributed by atoms with Crippen molar-refractivity contribution in [3.05, 3.63) is 144 Å². The van der Waals surface area contributed by atoms with E-state index in [1.807, 2.05) is 0 Å². The van der Waals surface area contributed by atoms with E-state index in [0.717, 1.165) is 0 Å². The van der Waals surface area contributed by atoms with Gasteiger partial charge in [0.25, 0.3) is 0 Å². The molecule has 240 valence electrons. The van der Waals surface area contributed by atoms with Crippen molar-refractivity contribution in [1.82, 2.24) is 0 Å². The van der Waals surface area contributed by atoms with E-state index < -0.39 is 0 Å². The summed E-state index contributed by atoms with van der Waals surface area (Å²) in [4.78, 5) is 0. The van der Waals surface area contributed by atoms with Crippen LogP contribution in [0.1, 0.15) is 77.6 Å². The van der Waals surface area contributed by atoms with Gasteiger partial charge in [0, 0.05) is 5.41 Å². The minimum Gasteiger partial charge on any atom is -0.0579 e. The summed E-state index contributed by atoms with van der Waals surface area (Å²) in [6.45, 7) is 18.6. The Labute approximate surface area is 290 Å². The molecule has 0 unspecified atom stereocenters. The molecule has 0 heterocycles. The van der Waals surface area contributed by atoms with Crippen LogP contribution in [-0.4, -0.2) is 0 Å². The van der Waals surface area contributed by atoms with Crippen molar-refractivity contribution >= 4 is 43.1 Å². The Morgan fingerprint density at radius 2 is 0.857 bits per heavy atom. The maximum Gasteiger partial charge on any atom is 0.0159 e. The van der Waals surface area contributed by atoms with Crippen molar-refractivity contribution in [2.45, 2.75) is 71.6 Å². The Morgan fingerprint density at radius 1 is 0.367 bits per heavy atom. The average Bonchev–Trinajstić information content (AvgIpc) is 3.30. The van der Waals surface area contributed by atoms with Crippen LogP contribution in [0.25, 0.3) is 76.5 Å². The van der Waals surface area contributed by atoms with E-state index in [1.165, 1.54) is 98.7 Å². The van der Waals surface area contributed by atoms with Crippen molar-refractivity contribution in [1.29, 1.82) is 0 Å². The third-order valence-electron chi connectivity index (χ3n) is 11.5. The summed E-state index contributed by atoms with van der Waals surface area (Å²) in [5.74, 6) is 0. The summed E-state index contributed by atoms with van der Waals surface area (Å²) >= 11 is 0. The molecule has 0 amide bonds. The zero-order valence-electron chi connectivity index (χ0n) is 30.0. The lowest BCUT2D eigenvalue weighted by atomic mass is 9.78. The first-order valence-corrected chi connectivity index (χ1v) is 17.8. The van der Waals surface area contributed by atoms with E-state index in [4.69, 9.17) is 0 Å². The van der Waals surface area contributed by atoms with Crippen LogP contribution < -0.4 is 0 Å². The Balaban J connectivity index is 1.10. The van der Waals surface area contributed by atoms with Gasteiger partial charge < -0.3 is 0 Å². The Bertz CT molecular complexity index is 2610. The molecule has 0 spiro atoms. The molecule has 0 bridgehead atoms. The highest BCUT2D eigenvalue weighted by Gasteiger charge is 2.36. The molecule has 0 atom stereocenters. The van der Waals surface area contributed by atoms with Gasteiger partial charge in [-0.1, -0.05) is 159 Å². The summed E-state index contributed by atoms with van der Waals surface area (Å²) in [6.07, 6.45) is 0. The molecule has 0 nitrogen and oxygen atoms in total. The third-order valence-corrected chi connectivity index (χ3v) is 11.5. The highest BCUT2D eigenvalue weighted by Crippen LogP contribution is 2.51. The van der Waals surface area contributed by atoms with Gasteiger partial charge in [-0.25, -0.2) is 0 Å². The van der Waals surface area contributed by atoms with E-state index in [1.54, 1.807) is 0 Å². The van der Waals surface area contributed by atoms with Crippen molar-refractivity contribution < 1.29 is 0 Å². The summed E-state index contributed by atoms with van der Waals surface area (Å²) in [7, 11) is 0. The molecule has 8 aromatic carbocycles. The normalized spacial score (nSPS) is 14.3. The molecule has 0 saturated heterocycles. The fourth-order valence-electron chi connectivity index (χ4n) is 8.48. The van der Waals surface area contributed by atoms with Crippen LogP contribution in [0, 0.1) is 0 Å². The topological polar surface area (TPSA) is 0 Å². The van der Waals surface area contributed by atoms with Gasteiger partial charge in [0.1, 0.15) is 0 Å². The Morgan fingerprint density at radius 3 is 1.55 bits per heavy atom. The minimum atomic E-state index is -0.0384. The van der Waals surface area contributed by atoms with Gasteiger partial charge >= 0.3 is 0 Å². The zero-order chi connectivity index (χ0) is 34.0. The van der Waals surface area contributed by atoms with Gasteiger partial charge in [0.15, 0.2) is 0 Å². The number of fused-ring (bicyclic) bond motifs is 4. The highest BCUT2D eigenvalue weighted by molar-refractivity contribution is 6.25. The molecule has 0 fully saturated rings. The van der Waals surface area contributed by atoms with E-state index >= 15 is 0 Å². The molecule has 49 heavy (non-hydrogen) atoms. The number of hydrogen-bond acceptors (Lipinski definition) is 0. The smallest absolute Gasteiger partial charge is 0.0159 e. The summed E-state index contributed by atoms with van der Waals surface area (Å²) in [6, 6.07) is 46.9. The second kappa shape index (κ2) is 10.1. The molecule has 8 aromatic rings. The van der Waals surface area contributed by atoms with E-state index in [2.05, 4.69) is 177 Å².